The summed E-state index contributed by atoms with van der Waals surface area (Å²) in [6.45, 7) is 3.27. The van der Waals surface area contributed by atoms with E-state index in [4.69, 9.17) is 9.47 Å². The van der Waals surface area contributed by atoms with E-state index in [9.17, 15) is 0 Å². The number of hydrogen-bond donors (Lipinski definition) is 1. The molecular weight excluding hydrogens is 262 g/mol. The van der Waals surface area contributed by atoms with Crippen molar-refractivity contribution in [1.82, 2.24) is 5.32 Å². The van der Waals surface area contributed by atoms with Crippen molar-refractivity contribution in [1.29, 1.82) is 0 Å². The van der Waals surface area contributed by atoms with E-state index in [1.54, 1.807) is 14.2 Å². The predicted octanol–water partition coefficient (Wildman–Crippen LogP) is 4.32. The van der Waals surface area contributed by atoms with Gasteiger partial charge < -0.3 is 14.8 Å². The summed E-state index contributed by atoms with van der Waals surface area (Å²) in [6.07, 6.45) is 8.42. The number of rotatable bonds is 8. The summed E-state index contributed by atoms with van der Waals surface area (Å²) in [5, 5.41) is 3.61. The van der Waals surface area contributed by atoms with E-state index in [2.05, 4.69) is 18.3 Å². The molecule has 1 aliphatic carbocycles. The molecule has 0 bridgehead atoms. The first-order valence-corrected chi connectivity index (χ1v) is 8.20. The van der Waals surface area contributed by atoms with E-state index < -0.39 is 0 Å². The van der Waals surface area contributed by atoms with Gasteiger partial charge in [0.1, 0.15) is 11.5 Å². The van der Waals surface area contributed by atoms with E-state index in [0.717, 1.165) is 24.0 Å². The summed E-state index contributed by atoms with van der Waals surface area (Å²) < 4.78 is 10.7. The largest absolute Gasteiger partial charge is 0.497 e. The summed E-state index contributed by atoms with van der Waals surface area (Å²) in [4.78, 5) is 0. The van der Waals surface area contributed by atoms with Crippen LogP contribution in [0.3, 0.4) is 0 Å². The van der Waals surface area contributed by atoms with Crippen LogP contribution in [0, 0.1) is 5.92 Å². The lowest BCUT2D eigenvalue weighted by molar-refractivity contribution is 0.384. The van der Waals surface area contributed by atoms with Crippen LogP contribution in [0.1, 0.15) is 57.1 Å². The van der Waals surface area contributed by atoms with E-state index >= 15 is 0 Å². The highest BCUT2D eigenvalue weighted by molar-refractivity contribution is 5.42. The number of methoxy groups -OCH3 is 2. The third-order valence-corrected chi connectivity index (χ3v) is 4.62. The number of ether oxygens (including phenoxy) is 2. The van der Waals surface area contributed by atoms with Gasteiger partial charge in [-0.25, -0.2) is 0 Å². The van der Waals surface area contributed by atoms with Gasteiger partial charge in [-0.1, -0.05) is 31.7 Å². The molecule has 0 amide bonds. The molecule has 0 spiro atoms. The Morgan fingerprint density at radius 2 is 1.95 bits per heavy atom. The first-order chi connectivity index (χ1) is 10.2. The Kier molecular flexibility index (Phi) is 6.37. The molecule has 0 heterocycles. The number of benzene rings is 1. The minimum Gasteiger partial charge on any atom is -0.497 e. The van der Waals surface area contributed by atoms with Crippen LogP contribution in [0.25, 0.3) is 0 Å². The van der Waals surface area contributed by atoms with Gasteiger partial charge in [0.15, 0.2) is 0 Å². The Morgan fingerprint density at radius 3 is 2.62 bits per heavy atom. The molecule has 1 fully saturated rings. The molecule has 0 aliphatic heterocycles. The van der Waals surface area contributed by atoms with Crippen LogP contribution in [0.15, 0.2) is 18.2 Å². The van der Waals surface area contributed by atoms with Gasteiger partial charge in [-0.15, -0.1) is 0 Å². The summed E-state index contributed by atoms with van der Waals surface area (Å²) in [7, 11) is 3.39. The van der Waals surface area contributed by atoms with E-state index in [1.165, 1.54) is 44.1 Å². The second-order valence-electron chi connectivity index (χ2n) is 6.08. The summed E-state index contributed by atoms with van der Waals surface area (Å²) in [5.74, 6) is 2.71. The fourth-order valence-electron chi connectivity index (χ4n) is 3.29. The standard InChI is InChI=1S/C18H29NO2/c1-14(19-12-6-9-15-7-4-5-8-15)17-11-10-16(20-2)13-18(17)21-3/h10-11,13-15,19H,4-9,12H2,1-3H3. The second kappa shape index (κ2) is 8.28. The Morgan fingerprint density at radius 1 is 1.19 bits per heavy atom. The lowest BCUT2D eigenvalue weighted by Gasteiger charge is -2.18. The Bertz CT molecular complexity index is 427. The third-order valence-electron chi connectivity index (χ3n) is 4.62. The molecule has 1 aromatic rings. The van der Waals surface area contributed by atoms with E-state index in [-0.39, 0.29) is 0 Å². The smallest absolute Gasteiger partial charge is 0.127 e. The number of nitrogens with one attached hydrogen (secondary N) is 1. The lowest BCUT2D eigenvalue weighted by atomic mass is 10.0. The predicted molar refractivity (Wildman–Crippen MR) is 87.2 cm³/mol. The van der Waals surface area contributed by atoms with Crippen LogP contribution in [0.4, 0.5) is 0 Å². The molecule has 21 heavy (non-hydrogen) atoms. The summed E-state index contributed by atoms with van der Waals surface area (Å²) >= 11 is 0. The molecule has 1 aromatic carbocycles. The van der Waals surface area contributed by atoms with Crippen LogP contribution in [-0.2, 0) is 0 Å². The summed E-state index contributed by atoms with van der Waals surface area (Å²) in [5.41, 5.74) is 1.19. The van der Waals surface area contributed by atoms with Gasteiger partial charge in [0.05, 0.1) is 14.2 Å². The van der Waals surface area contributed by atoms with Crippen molar-refractivity contribution in [2.75, 3.05) is 20.8 Å². The van der Waals surface area contributed by atoms with Crippen molar-refractivity contribution in [3.05, 3.63) is 23.8 Å². The van der Waals surface area contributed by atoms with Crippen molar-refractivity contribution in [2.24, 2.45) is 5.92 Å². The molecule has 2 rings (SSSR count). The Labute approximate surface area is 129 Å². The maximum atomic E-state index is 5.48. The Balaban J connectivity index is 1.80. The minimum atomic E-state index is 0.300. The molecule has 0 aromatic heterocycles. The first-order valence-electron chi connectivity index (χ1n) is 8.20. The monoisotopic (exact) mass is 291 g/mol. The molecule has 0 radical (unpaired) electrons. The molecule has 3 heteroatoms. The van der Waals surface area contributed by atoms with Gasteiger partial charge in [-0.2, -0.15) is 0 Å². The minimum absolute atomic E-state index is 0.300. The molecule has 0 saturated heterocycles. The van der Waals surface area contributed by atoms with Crippen LogP contribution < -0.4 is 14.8 Å². The maximum absolute atomic E-state index is 5.48. The zero-order valence-corrected chi connectivity index (χ0v) is 13.7. The van der Waals surface area contributed by atoms with Crippen LogP contribution in [0.5, 0.6) is 11.5 Å². The van der Waals surface area contributed by atoms with Gasteiger partial charge in [-0.3, -0.25) is 0 Å². The quantitative estimate of drug-likeness (QED) is 0.723. The average Bonchev–Trinajstić information content (AvgIpc) is 3.04. The van der Waals surface area contributed by atoms with Crippen molar-refractivity contribution in [3.63, 3.8) is 0 Å². The second-order valence-corrected chi connectivity index (χ2v) is 6.08. The molecular formula is C18H29NO2. The van der Waals surface area contributed by atoms with Crippen LogP contribution >= 0.6 is 0 Å². The molecule has 1 aliphatic rings. The SMILES string of the molecule is COc1ccc(C(C)NCCCC2CCCC2)c(OC)c1. The highest BCUT2D eigenvalue weighted by Crippen LogP contribution is 2.30. The topological polar surface area (TPSA) is 30.5 Å². The molecule has 1 atom stereocenters. The lowest BCUT2D eigenvalue weighted by Crippen LogP contribution is -2.20. The van der Waals surface area contributed by atoms with Crippen molar-refractivity contribution in [2.45, 2.75) is 51.5 Å². The zero-order chi connectivity index (χ0) is 15.1. The van der Waals surface area contributed by atoms with Crippen LogP contribution in [0.2, 0.25) is 0 Å². The fourth-order valence-corrected chi connectivity index (χ4v) is 3.29. The molecule has 1 N–H and O–H groups in total. The first kappa shape index (κ1) is 16.2. The normalized spacial score (nSPS) is 16.9. The van der Waals surface area contributed by atoms with Gasteiger partial charge in [0, 0.05) is 17.7 Å². The van der Waals surface area contributed by atoms with Gasteiger partial charge in [0.2, 0.25) is 0 Å². The van der Waals surface area contributed by atoms with E-state index in [1.807, 2.05) is 12.1 Å². The van der Waals surface area contributed by atoms with Crippen molar-refractivity contribution in [3.8, 4) is 11.5 Å². The highest BCUT2D eigenvalue weighted by Gasteiger charge is 2.15. The van der Waals surface area contributed by atoms with Crippen molar-refractivity contribution >= 4 is 0 Å². The molecule has 1 saturated carbocycles. The molecule has 3 nitrogen and oxygen atoms in total. The highest BCUT2D eigenvalue weighted by atomic mass is 16.5. The van der Waals surface area contributed by atoms with Gasteiger partial charge in [0.25, 0.3) is 0 Å². The summed E-state index contributed by atoms with van der Waals surface area (Å²) in [6, 6.07) is 6.34. The molecule has 118 valence electrons. The van der Waals surface area contributed by atoms with Crippen molar-refractivity contribution < 1.29 is 9.47 Å². The van der Waals surface area contributed by atoms with Crippen LogP contribution in [-0.4, -0.2) is 20.8 Å². The fraction of sp³-hybridized carbons (Fsp3) is 0.667. The average molecular weight is 291 g/mol. The van der Waals surface area contributed by atoms with E-state index in [0.29, 0.717) is 6.04 Å². The molecule has 1 unspecified atom stereocenters. The zero-order valence-electron chi connectivity index (χ0n) is 13.7. The van der Waals surface area contributed by atoms with Gasteiger partial charge >= 0.3 is 0 Å². The third kappa shape index (κ3) is 4.63. The van der Waals surface area contributed by atoms with Gasteiger partial charge in [-0.05, 0) is 38.3 Å². The number of hydrogen-bond acceptors (Lipinski definition) is 3. The Hall–Kier alpha value is -1.22. The maximum Gasteiger partial charge on any atom is 0.127 e.